The largest absolute Gasteiger partial charge is 0.478 e. The first-order valence-corrected chi connectivity index (χ1v) is 8.43. The van der Waals surface area contributed by atoms with E-state index in [2.05, 4.69) is 4.98 Å². The van der Waals surface area contributed by atoms with Crippen molar-refractivity contribution in [2.45, 2.75) is 12.8 Å². The van der Waals surface area contributed by atoms with E-state index in [1.165, 1.54) is 0 Å². The van der Waals surface area contributed by atoms with E-state index >= 15 is 0 Å². The summed E-state index contributed by atoms with van der Waals surface area (Å²) in [5.74, 6) is -1.01. The van der Waals surface area contributed by atoms with Gasteiger partial charge in [-0.3, -0.25) is 0 Å². The second kappa shape index (κ2) is 5.62. The molecule has 1 aliphatic carbocycles. The van der Waals surface area contributed by atoms with Gasteiger partial charge in [-0.05, 0) is 48.2 Å². The molecule has 0 spiro atoms. The highest BCUT2D eigenvalue weighted by Crippen LogP contribution is 2.40. The molecule has 1 aliphatic rings. The molecule has 3 aromatic rings. The van der Waals surface area contributed by atoms with E-state index in [0.29, 0.717) is 43.6 Å². The molecule has 6 heteroatoms. The van der Waals surface area contributed by atoms with E-state index in [1.54, 1.807) is 12.1 Å². The second-order valence-corrected chi connectivity index (χ2v) is 6.98. The number of carbonyl (C=O) groups is 1. The van der Waals surface area contributed by atoms with Crippen LogP contribution in [0.3, 0.4) is 0 Å². The fourth-order valence-electron chi connectivity index (χ4n) is 3.29. The predicted molar refractivity (Wildman–Crippen MR) is 96.6 cm³/mol. The average molecular weight is 379 g/mol. The fraction of sp³-hybridized carbons (Fsp3) is 0.111. The van der Waals surface area contributed by atoms with Crippen LogP contribution >= 0.6 is 34.8 Å². The van der Waals surface area contributed by atoms with Crippen LogP contribution in [0.5, 0.6) is 0 Å². The lowest BCUT2D eigenvalue weighted by Crippen LogP contribution is -2.13. The molecule has 0 amide bonds. The molecular weight excluding hydrogens is 369 g/mol. The smallest absolute Gasteiger partial charge is 0.336 e. The van der Waals surface area contributed by atoms with Crippen LogP contribution in [-0.2, 0) is 12.8 Å². The van der Waals surface area contributed by atoms with E-state index in [4.69, 9.17) is 34.8 Å². The maximum absolute atomic E-state index is 11.9. The monoisotopic (exact) mass is 377 g/mol. The van der Waals surface area contributed by atoms with Crippen molar-refractivity contribution >= 4 is 51.7 Å². The lowest BCUT2D eigenvalue weighted by atomic mass is 9.85. The molecule has 0 fully saturated rings. The molecule has 3 nitrogen and oxygen atoms in total. The number of halogens is 3. The summed E-state index contributed by atoms with van der Waals surface area (Å²) in [6, 6.07) is 8.78. The molecular formula is C18H10Cl3NO2. The van der Waals surface area contributed by atoms with Crippen LogP contribution in [0.2, 0.25) is 15.1 Å². The van der Waals surface area contributed by atoms with Crippen molar-refractivity contribution in [2.75, 3.05) is 0 Å². The number of rotatable bonds is 1. The first-order valence-electron chi connectivity index (χ1n) is 7.29. The van der Waals surface area contributed by atoms with E-state index in [-0.39, 0.29) is 5.56 Å². The highest BCUT2D eigenvalue weighted by molar-refractivity contribution is 6.39. The number of aryl methyl sites for hydroxylation is 1. The number of aromatic carboxylic acids is 1. The summed E-state index contributed by atoms with van der Waals surface area (Å²) < 4.78 is 0. The summed E-state index contributed by atoms with van der Waals surface area (Å²) in [4.78, 5) is 16.6. The van der Waals surface area contributed by atoms with Gasteiger partial charge in [0.25, 0.3) is 0 Å². The van der Waals surface area contributed by atoms with Crippen LogP contribution in [-0.4, -0.2) is 16.1 Å². The number of carboxylic acids is 1. The Balaban J connectivity index is 2.17. The van der Waals surface area contributed by atoms with Crippen molar-refractivity contribution < 1.29 is 9.90 Å². The minimum absolute atomic E-state index is 0.213. The normalized spacial score (nSPS) is 12.8. The molecule has 1 heterocycles. The van der Waals surface area contributed by atoms with Gasteiger partial charge in [0, 0.05) is 21.0 Å². The van der Waals surface area contributed by atoms with Crippen LogP contribution in [0.4, 0.5) is 0 Å². The minimum atomic E-state index is -1.01. The Morgan fingerprint density at radius 3 is 2.58 bits per heavy atom. The molecule has 0 saturated carbocycles. The number of hydrogen-bond acceptors (Lipinski definition) is 2. The zero-order valence-corrected chi connectivity index (χ0v) is 14.5. The lowest BCUT2D eigenvalue weighted by molar-refractivity contribution is 0.0698. The number of hydrogen-bond donors (Lipinski definition) is 1. The number of aromatic nitrogens is 1. The molecule has 120 valence electrons. The van der Waals surface area contributed by atoms with Crippen LogP contribution in [0, 0.1) is 0 Å². The molecule has 1 aromatic heterocycles. The Labute approximate surface area is 152 Å². The van der Waals surface area contributed by atoms with Gasteiger partial charge in [-0.2, -0.15) is 0 Å². The molecule has 0 saturated heterocycles. The molecule has 1 N–H and O–H groups in total. The van der Waals surface area contributed by atoms with Gasteiger partial charge in [0.05, 0.1) is 21.8 Å². The van der Waals surface area contributed by atoms with Gasteiger partial charge >= 0.3 is 5.97 Å². The van der Waals surface area contributed by atoms with Crippen molar-refractivity contribution in [2.24, 2.45) is 0 Å². The Morgan fingerprint density at radius 2 is 1.83 bits per heavy atom. The fourth-order valence-corrected chi connectivity index (χ4v) is 4.00. The minimum Gasteiger partial charge on any atom is -0.478 e. The summed E-state index contributed by atoms with van der Waals surface area (Å²) >= 11 is 18.5. The molecule has 0 aliphatic heterocycles. The van der Waals surface area contributed by atoms with Crippen LogP contribution in [0.25, 0.3) is 22.2 Å². The average Bonchev–Trinajstić information content (AvgIpc) is 2.52. The molecule has 4 rings (SSSR count). The number of fused-ring (bicyclic) bond motifs is 4. The van der Waals surface area contributed by atoms with E-state index < -0.39 is 5.97 Å². The lowest BCUT2D eigenvalue weighted by Gasteiger charge is -2.22. The Bertz CT molecular complexity index is 1030. The second-order valence-electron chi connectivity index (χ2n) is 5.70. The molecule has 0 atom stereocenters. The molecule has 24 heavy (non-hydrogen) atoms. The zero-order valence-electron chi connectivity index (χ0n) is 12.2. The number of benzene rings is 2. The number of pyridine rings is 1. The summed E-state index contributed by atoms with van der Waals surface area (Å²) in [6.07, 6.45) is 1.33. The maximum atomic E-state index is 11.9. The first kappa shape index (κ1) is 15.7. The van der Waals surface area contributed by atoms with Crippen LogP contribution < -0.4 is 0 Å². The SMILES string of the molecule is O=C(O)c1c2c(nc3c(Cl)cc(Cl)cc13)-c1cc(Cl)ccc1CC2. The predicted octanol–water partition coefficient (Wildman–Crippen LogP) is 5.66. The summed E-state index contributed by atoms with van der Waals surface area (Å²) in [5.41, 5.74) is 3.94. The Kier molecular flexibility index (Phi) is 3.68. The molecule has 0 radical (unpaired) electrons. The highest BCUT2D eigenvalue weighted by Gasteiger charge is 2.26. The van der Waals surface area contributed by atoms with E-state index in [0.717, 1.165) is 17.5 Å². The van der Waals surface area contributed by atoms with Crippen molar-refractivity contribution in [1.82, 2.24) is 4.98 Å². The summed E-state index contributed by atoms with van der Waals surface area (Å²) in [7, 11) is 0. The first-order chi connectivity index (χ1) is 11.5. The van der Waals surface area contributed by atoms with Crippen molar-refractivity contribution in [3.05, 3.63) is 62.1 Å². The third kappa shape index (κ3) is 2.35. The van der Waals surface area contributed by atoms with Crippen LogP contribution in [0.1, 0.15) is 21.5 Å². The topological polar surface area (TPSA) is 50.2 Å². The third-order valence-corrected chi connectivity index (χ3v) is 5.04. The standard InChI is InChI=1S/C18H10Cl3NO2/c19-9-3-1-8-2-4-11-15(18(23)24)13-6-10(20)7-14(21)17(13)22-16(11)12(8)5-9/h1,3,5-7H,2,4H2,(H,23,24). The van der Waals surface area contributed by atoms with Gasteiger partial charge in [0.1, 0.15) is 0 Å². The van der Waals surface area contributed by atoms with E-state index in [1.807, 2.05) is 18.2 Å². The molecule has 0 bridgehead atoms. The zero-order chi connectivity index (χ0) is 17.0. The van der Waals surface area contributed by atoms with Gasteiger partial charge < -0.3 is 5.11 Å². The van der Waals surface area contributed by atoms with E-state index in [9.17, 15) is 9.90 Å². The van der Waals surface area contributed by atoms with Crippen molar-refractivity contribution in [1.29, 1.82) is 0 Å². The van der Waals surface area contributed by atoms with Gasteiger partial charge in [-0.1, -0.05) is 40.9 Å². The highest BCUT2D eigenvalue weighted by atomic mass is 35.5. The van der Waals surface area contributed by atoms with Crippen LogP contribution in [0.15, 0.2) is 30.3 Å². The number of nitrogens with zero attached hydrogens (tertiary/aromatic N) is 1. The molecule has 2 aromatic carbocycles. The quantitative estimate of drug-likeness (QED) is 0.594. The maximum Gasteiger partial charge on any atom is 0.336 e. The summed E-state index contributed by atoms with van der Waals surface area (Å²) in [6.45, 7) is 0. The van der Waals surface area contributed by atoms with Gasteiger partial charge in [-0.25, -0.2) is 9.78 Å². The van der Waals surface area contributed by atoms with Crippen molar-refractivity contribution in [3.63, 3.8) is 0 Å². The van der Waals surface area contributed by atoms with Gasteiger partial charge in [-0.15, -0.1) is 0 Å². The Morgan fingerprint density at radius 1 is 1.04 bits per heavy atom. The van der Waals surface area contributed by atoms with Crippen molar-refractivity contribution in [3.8, 4) is 11.3 Å². The third-order valence-electron chi connectivity index (χ3n) is 4.29. The van der Waals surface area contributed by atoms with Gasteiger partial charge in [0.2, 0.25) is 0 Å². The van der Waals surface area contributed by atoms with Gasteiger partial charge in [0.15, 0.2) is 0 Å². The number of carboxylic acid groups (broad SMARTS) is 1. The Hall–Kier alpha value is -1.81. The molecule has 0 unspecified atom stereocenters. The summed E-state index contributed by atoms with van der Waals surface area (Å²) in [5, 5.41) is 11.5.